The number of nitrogens with one attached hydrogen (secondary N) is 1. The Hall–Kier alpha value is -3.54. The number of carbonyl (C=O) groups is 1. The summed E-state index contributed by atoms with van der Waals surface area (Å²) in [4.78, 5) is 16.8. The van der Waals surface area contributed by atoms with E-state index in [0.717, 1.165) is 17.0 Å². The molecule has 0 unspecified atom stereocenters. The van der Waals surface area contributed by atoms with E-state index in [2.05, 4.69) is 66.6 Å². The molecule has 1 amide bonds. The molecule has 4 aromatic rings. The molecular formula is C23H23N5O. The molecule has 2 heterocycles. The van der Waals surface area contributed by atoms with Gasteiger partial charge in [0.25, 0.3) is 5.91 Å². The molecule has 2 aromatic carbocycles. The first-order valence-electron chi connectivity index (χ1n) is 9.66. The molecule has 0 saturated carbocycles. The van der Waals surface area contributed by atoms with Gasteiger partial charge in [-0.2, -0.15) is 0 Å². The fourth-order valence-electron chi connectivity index (χ4n) is 3.70. The lowest BCUT2D eigenvalue weighted by molar-refractivity contribution is 0.0957. The summed E-state index contributed by atoms with van der Waals surface area (Å²) in [6, 6.07) is 16.4. The predicted molar refractivity (Wildman–Crippen MR) is 115 cm³/mol. The number of aryl methyl sites for hydroxylation is 3. The quantitative estimate of drug-likeness (QED) is 0.573. The van der Waals surface area contributed by atoms with E-state index >= 15 is 0 Å². The van der Waals surface area contributed by atoms with Crippen molar-refractivity contribution in [2.24, 2.45) is 0 Å². The van der Waals surface area contributed by atoms with Gasteiger partial charge in [-0.05, 0) is 37.5 Å². The van der Waals surface area contributed by atoms with Crippen molar-refractivity contribution in [3.63, 3.8) is 0 Å². The van der Waals surface area contributed by atoms with Gasteiger partial charge in [-0.15, -0.1) is 10.2 Å². The summed E-state index contributed by atoms with van der Waals surface area (Å²) in [7, 11) is 1.57. The Labute approximate surface area is 169 Å². The maximum Gasteiger partial charge on any atom is 0.271 e. The second kappa shape index (κ2) is 7.47. The molecule has 0 aliphatic heterocycles. The zero-order chi connectivity index (χ0) is 20.5. The highest BCUT2D eigenvalue weighted by atomic mass is 16.1. The molecule has 146 valence electrons. The Kier molecular flexibility index (Phi) is 4.84. The van der Waals surface area contributed by atoms with Gasteiger partial charge in [0.2, 0.25) is 0 Å². The summed E-state index contributed by atoms with van der Waals surface area (Å²) in [6.07, 6.45) is 0. The lowest BCUT2D eigenvalue weighted by atomic mass is 9.94. The van der Waals surface area contributed by atoms with Crippen LogP contribution < -0.4 is 5.32 Å². The highest BCUT2D eigenvalue weighted by Crippen LogP contribution is 2.35. The highest BCUT2D eigenvalue weighted by molar-refractivity contribution is 5.95. The predicted octanol–water partition coefficient (Wildman–Crippen LogP) is 4.16. The maximum absolute atomic E-state index is 11.9. The van der Waals surface area contributed by atoms with Crippen LogP contribution in [-0.2, 0) is 6.54 Å². The number of aromatic nitrogens is 4. The van der Waals surface area contributed by atoms with Crippen molar-refractivity contribution in [3.05, 3.63) is 65.4 Å². The third-order valence-corrected chi connectivity index (χ3v) is 5.11. The summed E-state index contributed by atoms with van der Waals surface area (Å²) in [5, 5.41) is 10.9. The summed E-state index contributed by atoms with van der Waals surface area (Å²) >= 11 is 0. The van der Waals surface area contributed by atoms with Crippen LogP contribution >= 0.6 is 0 Å². The fraction of sp³-hybridized carbons (Fsp3) is 0.217. The molecule has 2 aromatic heterocycles. The SMILES string of the molecule is CCn1c(-c2ccccc2-c2ccc(C)cc2C)nc2cc(C(=O)NC)nnc21. The Bertz CT molecular complexity index is 1230. The molecule has 6 heteroatoms. The maximum atomic E-state index is 11.9. The van der Waals surface area contributed by atoms with Crippen LogP contribution in [0.3, 0.4) is 0 Å². The second-order valence-corrected chi connectivity index (χ2v) is 7.06. The van der Waals surface area contributed by atoms with Gasteiger partial charge in [0.1, 0.15) is 11.3 Å². The van der Waals surface area contributed by atoms with Crippen LogP contribution in [0.4, 0.5) is 0 Å². The molecular weight excluding hydrogens is 362 g/mol. The van der Waals surface area contributed by atoms with Crippen LogP contribution in [0.2, 0.25) is 0 Å². The molecule has 4 rings (SSSR count). The minimum atomic E-state index is -0.275. The number of fused-ring (bicyclic) bond motifs is 1. The van der Waals surface area contributed by atoms with Crippen molar-refractivity contribution in [2.75, 3.05) is 7.05 Å². The average Bonchev–Trinajstić information content (AvgIpc) is 3.10. The molecule has 0 spiro atoms. The van der Waals surface area contributed by atoms with Gasteiger partial charge in [0.15, 0.2) is 11.3 Å². The molecule has 29 heavy (non-hydrogen) atoms. The smallest absolute Gasteiger partial charge is 0.271 e. The molecule has 0 saturated heterocycles. The molecule has 0 bridgehead atoms. The van der Waals surface area contributed by atoms with Crippen LogP contribution in [0.25, 0.3) is 33.7 Å². The standard InChI is InChI=1S/C23H23N5O/c1-5-28-21(25-19-13-20(23(29)24-4)26-27-22(19)28)18-9-7-6-8-17(18)16-11-10-14(2)12-15(16)3/h6-13H,5H2,1-4H3,(H,24,29). The van der Waals surface area contributed by atoms with E-state index < -0.39 is 0 Å². The number of carbonyl (C=O) groups excluding carboxylic acids is 1. The molecule has 0 aliphatic carbocycles. The third-order valence-electron chi connectivity index (χ3n) is 5.11. The van der Waals surface area contributed by atoms with Gasteiger partial charge in [-0.1, -0.05) is 48.0 Å². The monoisotopic (exact) mass is 385 g/mol. The first-order valence-corrected chi connectivity index (χ1v) is 9.66. The highest BCUT2D eigenvalue weighted by Gasteiger charge is 2.19. The summed E-state index contributed by atoms with van der Waals surface area (Å²) in [5.74, 6) is 0.545. The summed E-state index contributed by atoms with van der Waals surface area (Å²) in [5.41, 5.74) is 7.37. The van der Waals surface area contributed by atoms with Crippen LogP contribution in [0.5, 0.6) is 0 Å². The molecule has 1 N–H and O–H groups in total. The van der Waals surface area contributed by atoms with Crippen LogP contribution in [0.15, 0.2) is 48.5 Å². The Balaban J connectivity index is 1.94. The number of imidazole rings is 1. The molecule has 0 radical (unpaired) electrons. The van der Waals surface area contributed by atoms with Crippen molar-refractivity contribution in [1.29, 1.82) is 0 Å². The average molecular weight is 385 g/mol. The van der Waals surface area contributed by atoms with Crippen molar-refractivity contribution < 1.29 is 4.79 Å². The Morgan fingerprint density at radius 2 is 1.76 bits per heavy atom. The van der Waals surface area contributed by atoms with Crippen molar-refractivity contribution in [1.82, 2.24) is 25.1 Å². The number of hydrogen-bond acceptors (Lipinski definition) is 4. The van der Waals surface area contributed by atoms with Gasteiger partial charge < -0.3 is 9.88 Å². The zero-order valence-corrected chi connectivity index (χ0v) is 17.0. The lowest BCUT2D eigenvalue weighted by Gasteiger charge is -2.13. The van der Waals surface area contributed by atoms with Crippen molar-refractivity contribution in [3.8, 4) is 22.5 Å². The lowest BCUT2D eigenvalue weighted by Crippen LogP contribution is -2.19. The van der Waals surface area contributed by atoms with Crippen LogP contribution in [-0.4, -0.2) is 32.7 Å². The second-order valence-electron chi connectivity index (χ2n) is 7.06. The third kappa shape index (κ3) is 3.27. The Morgan fingerprint density at radius 3 is 2.45 bits per heavy atom. The van der Waals surface area contributed by atoms with Crippen molar-refractivity contribution in [2.45, 2.75) is 27.3 Å². The van der Waals surface area contributed by atoms with Gasteiger partial charge in [-0.3, -0.25) is 4.79 Å². The van der Waals surface area contributed by atoms with Crippen LogP contribution in [0, 0.1) is 13.8 Å². The van der Waals surface area contributed by atoms with E-state index in [-0.39, 0.29) is 11.6 Å². The normalized spacial score (nSPS) is 11.0. The summed E-state index contributed by atoms with van der Waals surface area (Å²) < 4.78 is 2.04. The van der Waals surface area contributed by atoms with E-state index in [1.807, 2.05) is 16.7 Å². The summed E-state index contributed by atoms with van der Waals surface area (Å²) in [6.45, 7) is 6.98. The van der Waals surface area contributed by atoms with Crippen molar-refractivity contribution >= 4 is 17.1 Å². The minimum Gasteiger partial charge on any atom is -0.354 e. The van der Waals surface area contributed by atoms with Gasteiger partial charge in [-0.25, -0.2) is 4.98 Å². The molecule has 6 nitrogen and oxygen atoms in total. The van der Waals surface area contributed by atoms with Gasteiger partial charge >= 0.3 is 0 Å². The topological polar surface area (TPSA) is 72.7 Å². The Morgan fingerprint density at radius 1 is 1.00 bits per heavy atom. The fourth-order valence-corrected chi connectivity index (χ4v) is 3.70. The zero-order valence-electron chi connectivity index (χ0n) is 17.0. The van der Waals surface area contributed by atoms with E-state index in [1.165, 1.54) is 16.7 Å². The van der Waals surface area contributed by atoms with E-state index in [9.17, 15) is 4.79 Å². The van der Waals surface area contributed by atoms with Gasteiger partial charge in [0, 0.05) is 25.2 Å². The molecule has 0 fully saturated rings. The van der Waals surface area contributed by atoms with Gasteiger partial charge in [0.05, 0.1) is 0 Å². The van der Waals surface area contributed by atoms with E-state index in [1.54, 1.807) is 13.1 Å². The number of amides is 1. The molecule has 0 aliphatic rings. The minimum absolute atomic E-state index is 0.259. The van der Waals surface area contributed by atoms with Crippen LogP contribution in [0.1, 0.15) is 28.5 Å². The number of nitrogens with zero attached hydrogens (tertiary/aromatic N) is 4. The first kappa shape index (κ1) is 18.8. The number of benzene rings is 2. The molecule has 0 atom stereocenters. The largest absolute Gasteiger partial charge is 0.354 e. The first-order chi connectivity index (χ1) is 14.0. The number of rotatable bonds is 4. The number of hydrogen-bond donors (Lipinski definition) is 1. The van der Waals surface area contributed by atoms with E-state index in [4.69, 9.17) is 4.98 Å². The van der Waals surface area contributed by atoms with E-state index in [0.29, 0.717) is 17.7 Å².